The summed E-state index contributed by atoms with van der Waals surface area (Å²) in [6, 6.07) is 17.4. The standard InChI is InChI=1S/C34H39N3O6/c1-8-23-9-13-25(14-10-23)30(31(39)35-26-15-19-28(42-7)20-16-26)37(22(2)3)32(40)29(36-33(41)43-34(4,5)6)21-24-11-17-27(38)18-12-24/h1,9-20,22,29-30,38H,21H2,2-7H3,(H,35,39)(H,36,41). The number of methoxy groups -OCH3 is 1. The van der Waals surface area contributed by atoms with Gasteiger partial charge < -0.3 is 30.1 Å². The number of benzene rings is 3. The smallest absolute Gasteiger partial charge is 0.408 e. The lowest BCUT2D eigenvalue weighted by atomic mass is 9.98. The highest BCUT2D eigenvalue weighted by atomic mass is 16.6. The van der Waals surface area contributed by atoms with Crippen LogP contribution in [-0.2, 0) is 20.7 Å². The van der Waals surface area contributed by atoms with Crippen LogP contribution in [0, 0.1) is 12.3 Å². The number of hydrogen-bond acceptors (Lipinski definition) is 6. The molecule has 3 aromatic rings. The Balaban J connectivity index is 2.05. The number of ether oxygens (including phenoxy) is 2. The Labute approximate surface area is 253 Å². The monoisotopic (exact) mass is 585 g/mol. The Morgan fingerprint density at radius 2 is 1.56 bits per heavy atom. The molecule has 3 rings (SSSR count). The van der Waals surface area contributed by atoms with Crippen LogP contribution >= 0.6 is 0 Å². The van der Waals surface area contributed by atoms with Crippen molar-refractivity contribution >= 4 is 23.6 Å². The molecule has 226 valence electrons. The molecule has 0 fully saturated rings. The summed E-state index contributed by atoms with van der Waals surface area (Å²) < 4.78 is 10.7. The zero-order valence-corrected chi connectivity index (χ0v) is 25.4. The lowest BCUT2D eigenvalue weighted by Crippen LogP contribution is -2.55. The van der Waals surface area contributed by atoms with Gasteiger partial charge in [-0.1, -0.05) is 30.2 Å². The zero-order chi connectivity index (χ0) is 31.7. The first kappa shape index (κ1) is 32.5. The predicted octanol–water partition coefficient (Wildman–Crippen LogP) is 5.43. The van der Waals surface area contributed by atoms with Gasteiger partial charge in [0.2, 0.25) is 5.91 Å². The van der Waals surface area contributed by atoms with Gasteiger partial charge in [-0.05, 0) is 94.3 Å². The van der Waals surface area contributed by atoms with Crippen molar-refractivity contribution < 1.29 is 29.0 Å². The number of amides is 3. The van der Waals surface area contributed by atoms with Gasteiger partial charge in [0.25, 0.3) is 5.91 Å². The topological polar surface area (TPSA) is 117 Å². The third-order valence-corrected chi connectivity index (χ3v) is 6.45. The van der Waals surface area contributed by atoms with E-state index in [0.29, 0.717) is 28.1 Å². The normalized spacial score (nSPS) is 12.4. The average molecular weight is 586 g/mol. The van der Waals surface area contributed by atoms with Crippen molar-refractivity contribution in [3.8, 4) is 23.8 Å². The molecule has 0 aliphatic rings. The Morgan fingerprint density at radius 1 is 0.953 bits per heavy atom. The van der Waals surface area contributed by atoms with E-state index < -0.39 is 41.6 Å². The molecular weight excluding hydrogens is 546 g/mol. The molecule has 0 spiro atoms. The Kier molecular flexibility index (Phi) is 10.8. The first-order valence-corrected chi connectivity index (χ1v) is 13.9. The SMILES string of the molecule is C#Cc1ccc(C(C(=O)Nc2ccc(OC)cc2)N(C(=O)C(Cc2ccc(O)cc2)NC(=O)OC(C)(C)C)C(C)C)cc1. The second-order valence-electron chi connectivity index (χ2n) is 11.3. The van der Waals surface area contributed by atoms with Gasteiger partial charge >= 0.3 is 6.09 Å². The van der Waals surface area contributed by atoms with Crippen LogP contribution in [0.15, 0.2) is 72.8 Å². The molecule has 0 aliphatic heterocycles. The molecule has 0 saturated carbocycles. The second-order valence-corrected chi connectivity index (χ2v) is 11.3. The van der Waals surface area contributed by atoms with E-state index in [9.17, 15) is 19.5 Å². The van der Waals surface area contributed by atoms with Crippen molar-refractivity contribution in [3.05, 3.63) is 89.5 Å². The molecule has 0 saturated heterocycles. The highest BCUT2D eigenvalue weighted by molar-refractivity contribution is 5.99. The lowest BCUT2D eigenvalue weighted by molar-refractivity contribution is -0.142. The van der Waals surface area contributed by atoms with Gasteiger partial charge in [-0.25, -0.2) is 4.79 Å². The second kappa shape index (κ2) is 14.3. The lowest BCUT2D eigenvalue weighted by Gasteiger charge is -2.37. The number of aromatic hydroxyl groups is 1. The van der Waals surface area contributed by atoms with E-state index in [-0.39, 0.29) is 12.2 Å². The van der Waals surface area contributed by atoms with E-state index in [1.165, 1.54) is 17.0 Å². The number of terminal acetylenes is 1. The largest absolute Gasteiger partial charge is 0.508 e. The molecule has 9 heteroatoms. The van der Waals surface area contributed by atoms with Crippen LogP contribution in [0.5, 0.6) is 11.5 Å². The van der Waals surface area contributed by atoms with Crippen molar-refractivity contribution in [3.63, 3.8) is 0 Å². The molecule has 0 aromatic heterocycles. The van der Waals surface area contributed by atoms with Gasteiger partial charge in [-0.15, -0.1) is 6.42 Å². The molecule has 43 heavy (non-hydrogen) atoms. The van der Waals surface area contributed by atoms with Crippen molar-refractivity contribution in [2.75, 3.05) is 12.4 Å². The fourth-order valence-electron chi connectivity index (χ4n) is 4.46. The van der Waals surface area contributed by atoms with Gasteiger partial charge in [0.15, 0.2) is 0 Å². The van der Waals surface area contributed by atoms with E-state index >= 15 is 0 Å². The van der Waals surface area contributed by atoms with Crippen LogP contribution in [0.3, 0.4) is 0 Å². The minimum Gasteiger partial charge on any atom is -0.508 e. The fraction of sp³-hybridized carbons (Fsp3) is 0.324. The Morgan fingerprint density at radius 3 is 2.07 bits per heavy atom. The molecule has 2 atom stereocenters. The molecule has 3 amide bonds. The minimum absolute atomic E-state index is 0.0706. The summed E-state index contributed by atoms with van der Waals surface area (Å²) in [5, 5.41) is 15.4. The number of carbonyl (C=O) groups excluding carboxylic acids is 3. The molecule has 0 heterocycles. The number of carbonyl (C=O) groups is 3. The fourth-order valence-corrected chi connectivity index (χ4v) is 4.46. The number of nitrogens with one attached hydrogen (secondary N) is 2. The molecule has 0 bridgehead atoms. The summed E-state index contributed by atoms with van der Waals surface area (Å²) in [4.78, 5) is 42.7. The van der Waals surface area contributed by atoms with Crippen LogP contribution in [0.4, 0.5) is 10.5 Å². The summed E-state index contributed by atoms with van der Waals surface area (Å²) in [5.74, 6) is 2.31. The van der Waals surface area contributed by atoms with Crippen LogP contribution in [0.25, 0.3) is 0 Å². The minimum atomic E-state index is -1.09. The molecule has 0 aliphatic carbocycles. The molecule has 9 nitrogen and oxygen atoms in total. The van der Waals surface area contributed by atoms with Crippen LogP contribution in [-0.4, -0.2) is 52.7 Å². The van der Waals surface area contributed by atoms with Gasteiger partial charge in [0, 0.05) is 23.7 Å². The van der Waals surface area contributed by atoms with Crippen molar-refractivity contribution in [2.24, 2.45) is 0 Å². The highest BCUT2D eigenvalue weighted by Gasteiger charge is 2.38. The number of hydrogen-bond donors (Lipinski definition) is 3. The number of rotatable bonds is 10. The van der Waals surface area contributed by atoms with Gasteiger partial charge in [0.1, 0.15) is 29.2 Å². The van der Waals surface area contributed by atoms with Crippen molar-refractivity contribution in [1.29, 1.82) is 0 Å². The first-order chi connectivity index (χ1) is 20.3. The van der Waals surface area contributed by atoms with E-state index in [4.69, 9.17) is 15.9 Å². The first-order valence-electron chi connectivity index (χ1n) is 13.9. The average Bonchev–Trinajstić information content (AvgIpc) is 2.95. The summed E-state index contributed by atoms with van der Waals surface area (Å²) in [6.07, 6.45) is 4.87. The van der Waals surface area contributed by atoms with E-state index in [0.717, 1.165) is 0 Å². The predicted molar refractivity (Wildman–Crippen MR) is 166 cm³/mol. The number of phenols is 1. The zero-order valence-electron chi connectivity index (χ0n) is 25.4. The maximum Gasteiger partial charge on any atom is 0.408 e. The molecule has 3 aromatic carbocycles. The number of nitrogens with zero attached hydrogens (tertiary/aromatic N) is 1. The van der Waals surface area contributed by atoms with Gasteiger partial charge in [-0.2, -0.15) is 0 Å². The summed E-state index contributed by atoms with van der Waals surface area (Å²) in [6.45, 7) is 8.77. The van der Waals surface area contributed by atoms with Crippen LogP contribution in [0.1, 0.15) is 57.4 Å². The molecule has 3 N–H and O–H groups in total. The summed E-state index contributed by atoms with van der Waals surface area (Å²) in [5.41, 5.74) is 1.56. The van der Waals surface area contributed by atoms with E-state index in [1.54, 1.807) is 102 Å². The maximum absolute atomic E-state index is 14.4. The Bertz CT molecular complexity index is 1440. The van der Waals surface area contributed by atoms with Crippen LogP contribution < -0.4 is 15.4 Å². The molecule has 2 unspecified atom stereocenters. The van der Waals surface area contributed by atoms with Gasteiger partial charge in [0.05, 0.1) is 7.11 Å². The Hall–Kier alpha value is -4.97. The maximum atomic E-state index is 14.4. The summed E-state index contributed by atoms with van der Waals surface area (Å²) in [7, 11) is 1.55. The molecular formula is C34H39N3O6. The number of phenolic OH excluding ortho intramolecular Hbond substituents is 1. The number of alkyl carbamates (subject to hydrolysis) is 1. The summed E-state index contributed by atoms with van der Waals surface area (Å²) >= 11 is 0. The third kappa shape index (κ3) is 9.27. The highest BCUT2D eigenvalue weighted by Crippen LogP contribution is 2.28. The van der Waals surface area contributed by atoms with Crippen molar-refractivity contribution in [2.45, 2.75) is 64.8 Å². The van der Waals surface area contributed by atoms with Crippen LogP contribution in [0.2, 0.25) is 0 Å². The third-order valence-electron chi connectivity index (χ3n) is 6.45. The quantitative estimate of drug-likeness (QED) is 0.273. The van der Waals surface area contributed by atoms with Gasteiger partial charge in [-0.3, -0.25) is 9.59 Å². The molecule has 0 radical (unpaired) electrons. The van der Waals surface area contributed by atoms with E-state index in [1.807, 2.05) is 0 Å². The number of anilines is 1. The van der Waals surface area contributed by atoms with E-state index in [2.05, 4.69) is 16.6 Å². The van der Waals surface area contributed by atoms with Crippen molar-refractivity contribution in [1.82, 2.24) is 10.2 Å².